The molecule has 2 nitrogen and oxygen atoms in total. The van der Waals surface area contributed by atoms with Crippen LogP contribution < -0.4 is 0 Å². The molecule has 0 bridgehead atoms. The van der Waals surface area contributed by atoms with E-state index in [0.717, 1.165) is 0 Å². The van der Waals surface area contributed by atoms with E-state index in [-0.39, 0.29) is 51.0 Å². The van der Waals surface area contributed by atoms with Crippen LogP contribution in [0, 0.1) is 0 Å². The average Bonchev–Trinajstić information content (AvgIpc) is 1.00. The van der Waals surface area contributed by atoms with E-state index in [1.165, 1.54) is 0 Å². The SMILES string of the molecule is O.[O]=[AlH].[SrH2]. The van der Waals surface area contributed by atoms with Crippen LogP contribution in [0.15, 0.2) is 0 Å². The van der Waals surface area contributed by atoms with Crippen molar-refractivity contribution in [3.63, 3.8) is 0 Å². The van der Waals surface area contributed by atoms with Crippen LogP contribution in [-0.2, 0) is 3.80 Å². The molecule has 0 heterocycles. The third-order valence-corrected chi connectivity index (χ3v) is 0. The first-order valence-electron chi connectivity index (χ1n) is 0.289. The summed E-state index contributed by atoms with van der Waals surface area (Å²) in [5.74, 6) is 0. The summed E-state index contributed by atoms with van der Waals surface area (Å²) in [4.78, 5) is 0. The maximum absolute atomic E-state index is 8.28. The Balaban J connectivity index is -0.00000000500. The summed E-state index contributed by atoms with van der Waals surface area (Å²) in [6.07, 6.45) is 0. The molecule has 0 aliphatic rings. The molecule has 0 saturated heterocycles. The van der Waals surface area contributed by atoms with Gasteiger partial charge in [0.1, 0.15) is 0 Å². The summed E-state index contributed by atoms with van der Waals surface area (Å²) in [5.41, 5.74) is 0. The van der Waals surface area contributed by atoms with Gasteiger partial charge in [0.2, 0.25) is 0 Å². The van der Waals surface area contributed by atoms with Gasteiger partial charge >= 0.3 is 65.5 Å². The van der Waals surface area contributed by atoms with Crippen molar-refractivity contribution >= 4 is 61.7 Å². The third-order valence-electron chi connectivity index (χ3n) is 0. The fraction of sp³-hybridized carbons (Fsp3) is 0. The molecule has 0 aliphatic carbocycles. The predicted octanol–water partition coefficient (Wildman–Crippen LogP) is -2.51. The second kappa shape index (κ2) is 21.6. The van der Waals surface area contributed by atoms with Crippen LogP contribution in [0.1, 0.15) is 0 Å². The molecule has 0 amide bonds. The maximum atomic E-state index is 8.28. The van der Waals surface area contributed by atoms with E-state index in [1.807, 2.05) is 0 Å². The Labute approximate surface area is 69.8 Å². The van der Waals surface area contributed by atoms with Crippen LogP contribution >= 0.6 is 0 Å². The molecular weight excluding hydrogens is 147 g/mol. The first kappa shape index (κ1) is 17.1. The van der Waals surface area contributed by atoms with Crippen molar-refractivity contribution in [1.29, 1.82) is 0 Å². The third kappa shape index (κ3) is 9.23. The molecule has 0 fully saturated rings. The minimum atomic E-state index is 0. The van der Waals surface area contributed by atoms with Gasteiger partial charge in [-0.3, -0.25) is 0 Å². The van der Waals surface area contributed by atoms with Gasteiger partial charge in [0.25, 0.3) is 0 Å². The Morgan fingerprint density at radius 1 is 1.25 bits per heavy atom. The van der Waals surface area contributed by atoms with E-state index >= 15 is 0 Å². The quantitative estimate of drug-likeness (QED) is 0.353. The summed E-state index contributed by atoms with van der Waals surface area (Å²) in [6, 6.07) is 0. The molecule has 4 heteroatoms. The zero-order valence-electron chi connectivity index (χ0n) is 1.62. The van der Waals surface area contributed by atoms with Crippen molar-refractivity contribution in [2.24, 2.45) is 0 Å². The zero-order chi connectivity index (χ0) is 2.00. The first-order valence-corrected chi connectivity index (χ1v) is 0.866. The molecule has 0 atom stereocenters. The summed E-state index contributed by atoms with van der Waals surface area (Å²) in [5, 5.41) is 0. The number of hydrogen-bond acceptors (Lipinski definition) is 1. The van der Waals surface area contributed by atoms with E-state index in [1.54, 1.807) is 0 Å². The van der Waals surface area contributed by atoms with Crippen LogP contribution in [0.3, 0.4) is 0 Å². The van der Waals surface area contributed by atoms with E-state index < -0.39 is 0 Å². The van der Waals surface area contributed by atoms with Gasteiger partial charge in [-0.15, -0.1) is 0 Å². The Morgan fingerprint density at radius 2 is 1.25 bits per heavy atom. The van der Waals surface area contributed by atoms with E-state index in [9.17, 15) is 0 Å². The van der Waals surface area contributed by atoms with Gasteiger partial charge in [-0.1, -0.05) is 0 Å². The number of rotatable bonds is 0. The Bertz CT molecular complexity index is 6.00. The molecule has 4 heavy (non-hydrogen) atoms. The van der Waals surface area contributed by atoms with E-state index in [0.29, 0.717) is 16.2 Å². The molecule has 0 aromatic carbocycles. The van der Waals surface area contributed by atoms with Gasteiger partial charge in [0.05, 0.1) is 0 Å². The molecule has 0 unspecified atom stereocenters. The molecule has 0 saturated carbocycles. The molecule has 0 aromatic rings. The van der Waals surface area contributed by atoms with Gasteiger partial charge in [-0.2, -0.15) is 0 Å². The minimum absolute atomic E-state index is 0. The van der Waals surface area contributed by atoms with Crippen molar-refractivity contribution in [2.75, 3.05) is 0 Å². The van der Waals surface area contributed by atoms with Crippen LogP contribution in [-0.4, -0.2) is 67.2 Å². The summed E-state index contributed by atoms with van der Waals surface area (Å²) < 4.78 is 8.28. The standard InChI is InChI=1S/Al.H2O.O.Sr.3H/h;1H2;;;;;. The second-order valence-corrected chi connectivity index (χ2v) is 0. The van der Waals surface area contributed by atoms with Crippen molar-refractivity contribution in [3.8, 4) is 0 Å². The van der Waals surface area contributed by atoms with Crippen LogP contribution in [0.2, 0.25) is 0 Å². The molecule has 22 valence electrons. The van der Waals surface area contributed by atoms with E-state index in [4.69, 9.17) is 3.80 Å². The summed E-state index contributed by atoms with van der Waals surface area (Å²) in [6.45, 7) is 0. The Kier molecular flexibility index (Phi) is 92.4. The van der Waals surface area contributed by atoms with Crippen molar-refractivity contribution in [1.82, 2.24) is 0 Å². The zero-order valence-corrected chi connectivity index (χ0v) is 3.03. The second-order valence-electron chi connectivity index (χ2n) is 0. The average molecular weight is 152 g/mol. The topological polar surface area (TPSA) is 48.6 Å². The summed E-state index contributed by atoms with van der Waals surface area (Å²) >= 11 is 0.611. The molecule has 0 aromatic heterocycles. The van der Waals surface area contributed by atoms with Gasteiger partial charge in [-0.25, -0.2) is 0 Å². The molecule has 0 rings (SSSR count). The first-order chi connectivity index (χ1) is 1.00. The van der Waals surface area contributed by atoms with Crippen LogP contribution in [0.25, 0.3) is 0 Å². The number of hydrogen-bond donors (Lipinski definition) is 0. The van der Waals surface area contributed by atoms with Crippen LogP contribution in [0.4, 0.5) is 0 Å². The van der Waals surface area contributed by atoms with Crippen molar-refractivity contribution < 1.29 is 9.28 Å². The van der Waals surface area contributed by atoms with E-state index in [2.05, 4.69) is 0 Å². The molecule has 0 aliphatic heterocycles. The normalized spacial score (nSPS) is 0.750. The Hall–Kier alpha value is 1.77. The van der Waals surface area contributed by atoms with Crippen LogP contribution in [0.5, 0.6) is 0 Å². The Morgan fingerprint density at radius 3 is 1.25 bits per heavy atom. The van der Waals surface area contributed by atoms with Crippen molar-refractivity contribution in [2.45, 2.75) is 0 Å². The van der Waals surface area contributed by atoms with Crippen molar-refractivity contribution in [3.05, 3.63) is 0 Å². The fourth-order valence-electron chi connectivity index (χ4n) is 0. The monoisotopic (exact) mass is 152 g/mol. The van der Waals surface area contributed by atoms with Gasteiger partial charge < -0.3 is 5.48 Å². The molecule has 2 N–H and O–H groups in total. The summed E-state index contributed by atoms with van der Waals surface area (Å²) in [7, 11) is 0. The fourth-order valence-corrected chi connectivity index (χ4v) is 0. The van der Waals surface area contributed by atoms with Gasteiger partial charge in [-0.05, 0) is 0 Å². The van der Waals surface area contributed by atoms with Gasteiger partial charge in [0, 0.05) is 0 Å². The molecule has 0 spiro atoms. The molecular formula is H5AlO2Sr. The predicted molar refractivity (Wildman–Crippen MR) is 20.0 cm³/mol. The van der Waals surface area contributed by atoms with Gasteiger partial charge in [0.15, 0.2) is 0 Å². The molecule has 0 radical (unpaired) electrons.